The van der Waals surface area contributed by atoms with Crippen LogP contribution in [0.5, 0.6) is 5.75 Å². The van der Waals surface area contributed by atoms with Crippen molar-refractivity contribution in [2.45, 2.75) is 25.9 Å². The fourth-order valence-corrected chi connectivity index (χ4v) is 3.33. The smallest absolute Gasteiger partial charge is 0.293 e. The number of carbonyl (C=O) groups excluding carboxylic acids is 1. The van der Waals surface area contributed by atoms with Gasteiger partial charge < -0.3 is 14.7 Å². The molecule has 0 aliphatic carbocycles. The first-order chi connectivity index (χ1) is 13.5. The molecule has 2 aromatic heterocycles. The lowest BCUT2D eigenvalue weighted by Crippen LogP contribution is -2.30. The zero-order valence-corrected chi connectivity index (χ0v) is 15.5. The number of aromatic nitrogens is 3. The van der Waals surface area contributed by atoms with E-state index in [0.717, 1.165) is 11.1 Å². The summed E-state index contributed by atoms with van der Waals surface area (Å²) in [5, 5.41) is 13.9. The number of fused-ring (bicyclic) bond motifs is 1. The van der Waals surface area contributed by atoms with E-state index >= 15 is 0 Å². The number of rotatable bonds is 5. The molecule has 1 amide bonds. The second-order valence-corrected chi connectivity index (χ2v) is 6.98. The fraction of sp³-hybridized carbons (Fsp3) is 0.350. The Bertz CT molecular complexity index is 1020. The van der Waals surface area contributed by atoms with Crippen LogP contribution in [0.25, 0.3) is 5.65 Å². The van der Waals surface area contributed by atoms with E-state index in [4.69, 9.17) is 4.74 Å². The van der Waals surface area contributed by atoms with Gasteiger partial charge in [-0.1, -0.05) is 12.1 Å². The van der Waals surface area contributed by atoms with Crippen molar-refractivity contribution in [3.8, 4) is 5.75 Å². The molecule has 0 bridgehead atoms. The largest absolute Gasteiger partial charge is 0.492 e. The molecule has 1 fully saturated rings. The molecule has 0 saturated carbocycles. The van der Waals surface area contributed by atoms with Crippen LogP contribution in [0.4, 0.5) is 4.39 Å². The van der Waals surface area contributed by atoms with E-state index in [1.165, 1.54) is 16.6 Å². The first-order valence-corrected chi connectivity index (χ1v) is 9.21. The van der Waals surface area contributed by atoms with E-state index in [-0.39, 0.29) is 17.5 Å². The number of nitrogens with zero attached hydrogens (tertiary/aromatic N) is 4. The summed E-state index contributed by atoms with van der Waals surface area (Å²) in [6.07, 6.45) is 2.34. The van der Waals surface area contributed by atoms with Crippen molar-refractivity contribution in [1.29, 1.82) is 0 Å². The van der Waals surface area contributed by atoms with Crippen molar-refractivity contribution < 1.29 is 19.0 Å². The molecule has 1 aromatic carbocycles. The summed E-state index contributed by atoms with van der Waals surface area (Å²) in [4.78, 5) is 18.4. The molecule has 4 rings (SSSR count). The summed E-state index contributed by atoms with van der Waals surface area (Å²) in [5.74, 6) is 0.157. The van der Waals surface area contributed by atoms with Crippen molar-refractivity contribution in [1.82, 2.24) is 19.5 Å². The number of aliphatic hydroxyl groups is 1. The van der Waals surface area contributed by atoms with E-state index in [9.17, 15) is 14.3 Å². The summed E-state index contributed by atoms with van der Waals surface area (Å²) in [6, 6.07) is 8.26. The number of ether oxygens (including phenoxy) is 1. The minimum absolute atomic E-state index is 0.106. The molecule has 1 aliphatic heterocycles. The highest BCUT2D eigenvalue weighted by Gasteiger charge is 2.28. The number of hydrogen-bond acceptors (Lipinski definition) is 5. The Kier molecular flexibility index (Phi) is 4.95. The highest BCUT2D eigenvalue weighted by molar-refractivity contribution is 5.91. The normalized spacial score (nSPS) is 16.7. The molecule has 1 saturated heterocycles. The number of halogens is 1. The average molecular weight is 384 g/mol. The predicted octanol–water partition coefficient (Wildman–Crippen LogP) is 2.01. The molecule has 0 radical (unpaired) electrons. The molecule has 0 spiro atoms. The molecule has 3 heterocycles. The van der Waals surface area contributed by atoms with E-state index < -0.39 is 6.10 Å². The van der Waals surface area contributed by atoms with E-state index in [1.54, 1.807) is 17.2 Å². The fourth-order valence-electron chi connectivity index (χ4n) is 3.33. The van der Waals surface area contributed by atoms with Gasteiger partial charge in [0.1, 0.15) is 11.6 Å². The molecular weight excluding hydrogens is 363 g/mol. The molecule has 3 aromatic rings. The van der Waals surface area contributed by atoms with Crippen LogP contribution in [0.1, 0.15) is 28.2 Å². The Labute approximate surface area is 161 Å². The van der Waals surface area contributed by atoms with Crippen molar-refractivity contribution in [2.24, 2.45) is 0 Å². The number of carbonyl (C=O) groups is 1. The zero-order chi connectivity index (χ0) is 19.7. The Morgan fingerprint density at radius 3 is 3.00 bits per heavy atom. The first-order valence-electron chi connectivity index (χ1n) is 9.21. The van der Waals surface area contributed by atoms with Crippen LogP contribution < -0.4 is 4.74 Å². The molecule has 1 unspecified atom stereocenters. The zero-order valence-electron chi connectivity index (χ0n) is 15.5. The highest BCUT2D eigenvalue weighted by atomic mass is 19.1. The number of pyridine rings is 1. The third-order valence-corrected chi connectivity index (χ3v) is 4.78. The SMILES string of the molecule is Cc1cc(OCCc2cccc(F)c2)cn2nc(C(=O)N3CCC(O)C3)nc12. The molecule has 28 heavy (non-hydrogen) atoms. The monoisotopic (exact) mass is 384 g/mol. The van der Waals surface area contributed by atoms with Crippen LogP contribution in [0.3, 0.4) is 0 Å². The number of likely N-dealkylation sites (tertiary alicyclic amines) is 1. The van der Waals surface area contributed by atoms with Gasteiger partial charge in [-0.05, 0) is 42.7 Å². The second kappa shape index (κ2) is 7.55. The maximum absolute atomic E-state index is 13.2. The lowest BCUT2D eigenvalue weighted by molar-refractivity contribution is 0.0753. The number of aliphatic hydroxyl groups excluding tert-OH is 1. The van der Waals surface area contributed by atoms with Gasteiger partial charge in [-0.25, -0.2) is 13.9 Å². The number of hydrogen-bond donors (Lipinski definition) is 1. The molecule has 146 valence electrons. The van der Waals surface area contributed by atoms with Gasteiger partial charge in [0, 0.05) is 19.5 Å². The van der Waals surface area contributed by atoms with Gasteiger partial charge in [-0.2, -0.15) is 0 Å². The molecule has 8 heteroatoms. The minimum atomic E-state index is -0.485. The molecular formula is C20H21FN4O3. The molecule has 1 atom stereocenters. The van der Waals surface area contributed by atoms with Gasteiger partial charge in [0.15, 0.2) is 5.65 Å². The van der Waals surface area contributed by atoms with Crippen molar-refractivity contribution in [2.75, 3.05) is 19.7 Å². The average Bonchev–Trinajstić information content (AvgIpc) is 3.28. The van der Waals surface area contributed by atoms with Gasteiger partial charge in [0.25, 0.3) is 5.91 Å². The second-order valence-electron chi connectivity index (χ2n) is 6.98. The number of aryl methyl sites for hydroxylation is 1. The Morgan fingerprint density at radius 1 is 1.39 bits per heavy atom. The maximum Gasteiger partial charge on any atom is 0.293 e. The highest BCUT2D eigenvalue weighted by Crippen LogP contribution is 2.19. The van der Waals surface area contributed by atoms with E-state index in [2.05, 4.69) is 10.1 Å². The summed E-state index contributed by atoms with van der Waals surface area (Å²) in [5.41, 5.74) is 2.27. The van der Waals surface area contributed by atoms with Crippen LogP contribution >= 0.6 is 0 Å². The van der Waals surface area contributed by atoms with Crippen LogP contribution in [-0.2, 0) is 6.42 Å². The Balaban J connectivity index is 1.47. The Hall–Kier alpha value is -3.00. The van der Waals surface area contributed by atoms with E-state index in [0.29, 0.717) is 43.9 Å². The minimum Gasteiger partial charge on any atom is -0.492 e. The van der Waals surface area contributed by atoms with Gasteiger partial charge >= 0.3 is 0 Å². The van der Waals surface area contributed by atoms with Crippen LogP contribution in [-0.4, -0.2) is 56.3 Å². The number of β-amino-alcohol motifs (C(OH)–C–C–N with tert-alkyl or cyclic N) is 1. The third kappa shape index (κ3) is 3.82. The van der Waals surface area contributed by atoms with Crippen molar-refractivity contribution >= 4 is 11.6 Å². The van der Waals surface area contributed by atoms with E-state index in [1.807, 2.05) is 19.1 Å². The third-order valence-electron chi connectivity index (χ3n) is 4.78. The topological polar surface area (TPSA) is 80.0 Å². The molecule has 1 aliphatic rings. The van der Waals surface area contributed by atoms with Crippen LogP contribution in [0, 0.1) is 12.7 Å². The predicted molar refractivity (Wildman–Crippen MR) is 99.9 cm³/mol. The summed E-state index contributed by atoms with van der Waals surface area (Å²) in [6.45, 7) is 3.07. The standard InChI is InChI=1S/C20H21FN4O3/c1-13-9-17(28-8-6-14-3-2-4-15(21)10-14)12-25-19(13)22-18(23-25)20(27)24-7-5-16(26)11-24/h2-4,9-10,12,16,26H,5-8,11H2,1H3. The number of amides is 1. The quantitative estimate of drug-likeness (QED) is 0.728. The van der Waals surface area contributed by atoms with Gasteiger partial charge in [0.2, 0.25) is 5.82 Å². The summed E-state index contributed by atoms with van der Waals surface area (Å²) >= 11 is 0. The molecule has 7 nitrogen and oxygen atoms in total. The lowest BCUT2D eigenvalue weighted by atomic mass is 10.1. The van der Waals surface area contributed by atoms with Crippen molar-refractivity contribution in [3.63, 3.8) is 0 Å². The van der Waals surface area contributed by atoms with Crippen molar-refractivity contribution in [3.05, 3.63) is 59.3 Å². The summed E-state index contributed by atoms with van der Waals surface area (Å²) in [7, 11) is 0. The Morgan fingerprint density at radius 2 is 2.25 bits per heavy atom. The first kappa shape index (κ1) is 18.4. The number of benzene rings is 1. The lowest BCUT2D eigenvalue weighted by Gasteiger charge is -2.12. The van der Waals surface area contributed by atoms with Gasteiger partial charge in [-0.3, -0.25) is 4.79 Å². The summed E-state index contributed by atoms with van der Waals surface area (Å²) < 4.78 is 20.6. The van der Waals surface area contributed by atoms with Crippen LogP contribution in [0.2, 0.25) is 0 Å². The maximum atomic E-state index is 13.2. The van der Waals surface area contributed by atoms with Gasteiger partial charge in [0.05, 0.1) is 18.9 Å². The van der Waals surface area contributed by atoms with Crippen LogP contribution in [0.15, 0.2) is 36.5 Å². The van der Waals surface area contributed by atoms with Gasteiger partial charge in [-0.15, -0.1) is 5.10 Å². The molecule has 1 N–H and O–H groups in total.